The van der Waals surface area contributed by atoms with E-state index in [1.807, 2.05) is 55.9 Å². The summed E-state index contributed by atoms with van der Waals surface area (Å²) in [6, 6.07) is 14.1. The molecule has 2 aromatic carbocycles. The number of quaternary nitrogens is 1. The Morgan fingerprint density at radius 3 is 2.61 bits per heavy atom. The van der Waals surface area contributed by atoms with Crippen molar-refractivity contribution in [1.82, 2.24) is 9.78 Å². The van der Waals surface area contributed by atoms with Crippen LogP contribution in [-0.4, -0.2) is 29.3 Å². The topological polar surface area (TPSA) is 51.4 Å². The van der Waals surface area contributed by atoms with Crippen molar-refractivity contribution in [3.8, 4) is 5.69 Å². The summed E-state index contributed by atoms with van der Waals surface area (Å²) in [4.78, 5) is 13.3. The number of hydrogen-bond acceptors (Lipinski definition) is 2. The van der Waals surface area contributed by atoms with E-state index in [2.05, 4.69) is 10.4 Å². The van der Waals surface area contributed by atoms with Gasteiger partial charge in [-0.2, -0.15) is 5.10 Å². The van der Waals surface area contributed by atoms with Crippen molar-refractivity contribution in [3.63, 3.8) is 0 Å². The first-order valence-corrected chi connectivity index (χ1v) is 9.39. The number of nitrogens with one attached hydrogen (secondary N) is 2. The lowest BCUT2D eigenvalue weighted by Gasteiger charge is -2.14. The minimum atomic E-state index is -0.547. The fourth-order valence-corrected chi connectivity index (χ4v) is 3.33. The smallest absolute Gasteiger partial charge is 0.279 e. The normalized spacial score (nSPS) is 12.0. The van der Waals surface area contributed by atoms with Gasteiger partial charge in [0.1, 0.15) is 12.4 Å². The van der Waals surface area contributed by atoms with Gasteiger partial charge >= 0.3 is 0 Å². The Hall–Kier alpha value is -2.70. The van der Waals surface area contributed by atoms with Gasteiger partial charge in [-0.3, -0.25) is 4.79 Å². The SMILES string of the molecule is Cc1nn(-c2ccccc2)c(C)c1C[NH+](C)CC(=O)Nc1ccc(Cl)cc1F. The van der Waals surface area contributed by atoms with Gasteiger partial charge in [0.25, 0.3) is 5.91 Å². The van der Waals surface area contributed by atoms with E-state index in [4.69, 9.17) is 11.6 Å². The Kier molecular flexibility index (Phi) is 6.11. The molecule has 0 radical (unpaired) electrons. The number of rotatable bonds is 6. The summed E-state index contributed by atoms with van der Waals surface area (Å²) in [5, 5.41) is 7.53. The summed E-state index contributed by atoms with van der Waals surface area (Å²) in [6.45, 7) is 4.84. The van der Waals surface area contributed by atoms with Crippen LogP contribution in [0.2, 0.25) is 5.02 Å². The number of halogens is 2. The van der Waals surface area contributed by atoms with Crippen LogP contribution in [0.3, 0.4) is 0 Å². The van der Waals surface area contributed by atoms with Crippen LogP contribution in [0.4, 0.5) is 10.1 Å². The monoisotopic (exact) mass is 401 g/mol. The largest absolute Gasteiger partial charge is 0.326 e. The van der Waals surface area contributed by atoms with Crippen LogP contribution in [0.15, 0.2) is 48.5 Å². The van der Waals surface area contributed by atoms with Crippen molar-refractivity contribution in [2.45, 2.75) is 20.4 Å². The van der Waals surface area contributed by atoms with E-state index in [-0.39, 0.29) is 18.1 Å². The highest BCUT2D eigenvalue weighted by Gasteiger charge is 2.19. The van der Waals surface area contributed by atoms with E-state index >= 15 is 0 Å². The third kappa shape index (κ3) is 4.58. The Morgan fingerprint density at radius 2 is 1.93 bits per heavy atom. The van der Waals surface area contributed by atoms with Crippen molar-refractivity contribution in [2.24, 2.45) is 0 Å². The Bertz CT molecular complexity index is 988. The minimum Gasteiger partial charge on any atom is -0.326 e. The van der Waals surface area contributed by atoms with E-state index in [1.54, 1.807) is 6.07 Å². The van der Waals surface area contributed by atoms with Crippen LogP contribution < -0.4 is 10.2 Å². The second-order valence-electron chi connectivity index (χ2n) is 6.88. The van der Waals surface area contributed by atoms with E-state index in [0.717, 1.165) is 27.5 Å². The molecule has 7 heteroatoms. The molecule has 1 aromatic heterocycles. The number of aryl methyl sites for hydroxylation is 1. The second kappa shape index (κ2) is 8.54. The van der Waals surface area contributed by atoms with Crippen molar-refractivity contribution in [2.75, 3.05) is 18.9 Å². The highest BCUT2D eigenvalue weighted by Crippen LogP contribution is 2.19. The molecule has 0 aliphatic carbocycles. The molecule has 0 aliphatic rings. The summed E-state index contributed by atoms with van der Waals surface area (Å²) in [5.41, 5.74) is 4.22. The lowest BCUT2D eigenvalue weighted by molar-refractivity contribution is -0.885. The van der Waals surface area contributed by atoms with Gasteiger partial charge in [-0.25, -0.2) is 9.07 Å². The number of aromatic nitrogens is 2. The first-order chi connectivity index (χ1) is 13.3. The fraction of sp³-hybridized carbons (Fsp3) is 0.238. The van der Waals surface area contributed by atoms with E-state index in [9.17, 15) is 9.18 Å². The van der Waals surface area contributed by atoms with Gasteiger partial charge in [0.05, 0.1) is 35.4 Å². The molecule has 146 valence electrons. The van der Waals surface area contributed by atoms with Gasteiger partial charge < -0.3 is 10.2 Å². The van der Waals surface area contributed by atoms with Gasteiger partial charge in [0.15, 0.2) is 6.54 Å². The van der Waals surface area contributed by atoms with Crippen molar-refractivity contribution < 1.29 is 14.1 Å². The zero-order chi connectivity index (χ0) is 20.3. The highest BCUT2D eigenvalue weighted by atomic mass is 35.5. The number of benzene rings is 2. The van der Waals surface area contributed by atoms with Crippen molar-refractivity contribution in [1.29, 1.82) is 0 Å². The van der Waals surface area contributed by atoms with Gasteiger partial charge in [0.2, 0.25) is 0 Å². The van der Waals surface area contributed by atoms with E-state index in [1.165, 1.54) is 12.1 Å². The maximum Gasteiger partial charge on any atom is 0.279 e. The summed E-state index contributed by atoms with van der Waals surface area (Å²) in [6.07, 6.45) is 0. The number of anilines is 1. The summed E-state index contributed by atoms with van der Waals surface area (Å²) >= 11 is 5.74. The molecule has 3 aromatic rings. The molecule has 0 aliphatic heterocycles. The molecule has 5 nitrogen and oxygen atoms in total. The number of carbonyl (C=O) groups is 1. The number of amides is 1. The Balaban J connectivity index is 1.67. The van der Waals surface area contributed by atoms with Crippen LogP contribution in [0.5, 0.6) is 0 Å². The molecule has 1 unspecified atom stereocenters. The first-order valence-electron chi connectivity index (χ1n) is 9.02. The first kappa shape index (κ1) is 20.0. The maximum absolute atomic E-state index is 13.8. The highest BCUT2D eigenvalue weighted by molar-refractivity contribution is 6.30. The lowest BCUT2D eigenvalue weighted by atomic mass is 10.2. The van der Waals surface area contributed by atoms with Crippen LogP contribution in [0, 0.1) is 19.7 Å². The quantitative estimate of drug-likeness (QED) is 0.667. The van der Waals surface area contributed by atoms with Gasteiger partial charge in [0, 0.05) is 5.02 Å². The molecular weight excluding hydrogens is 379 g/mol. The number of carbonyl (C=O) groups excluding carboxylic acids is 1. The Morgan fingerprint density at radius 1 is 1.21 bits per heavy atom. The molecule has 1 heterocycles. The molecule has 0 spiro atoms. The number of hydrogen-bond donors (Lipinski definition) is 2. The molecule has 0 saturated carbocycles. The predicted molar refractivity (Wildman–Crippen MR) is 109 cm³/mol. The Labute approximate surface area is 168 Å². The third-order valence-corrected chi connectivity index (χ3v) is 4.82. The molecule has 3 rings (SSSR count). The molecule has 0 saturated heterocycles. The van der Waals surface area contributed by atoms with Crippen LogP contribution in [0.25, 0.3) is 5.69 Å². The molecule has 1 amide bonds. The minimum absolute atomic E-state index is 0.131. The standard InChI is InChI=1S/C21H22ClFN4O/c1-14-18(15(2)27(25-14)17-7-5-4-6-8-17)12-26(3)13-21(28)24-20-10-9-16(22)11-19(20)23/h4-11H,12-13H2,1-3H3,(H,24,28)/p+1. The summed E-state index contributed by atoms with van der Waals surface area (Å²) in [5.74, 6) is -0.807. The van der Waals surface area contributed by atoms with E-state index < -0.39 is 5.82 Å². The molecule has 0 bridgehead atoms. The molecule has 2 N–H and O–H groups in total. The van der Waals surface area contributed by atoms with Crippen LogP contribution in [0.1, 0.15) is 17.0 Å². The summed E-state index contributed by atoms with van der Waals surface area (Å²) < 4.78 is 15.8. The fourth-order valence-electron chi connectivity index (χ4n) is 3.18. The van der Waals surface area contributed by atoms with Crippen LogP contribution >= 0.6 is 11.6 Å². The number of nitrogens with zero attached hydrogens (tertiary/aromatic N) is 2. The van der Waals surface area contributed by atoms with Crippen LogP contribution in [-0.2, 0) is 11.3 Å². The van der Waals surface area contributed by atoms with Gasteiger partial charge in [-0.05, 0) is 44.2 Å². The van der Waals surface area contributed by atoms with Crippen molar-refractivity contribution in [3.05, 3.63) is 76.3 Å². The molecule has 0 fully saturated rings. The number of para-hydroxylation sites is 1. The van der Waals surface area contributed by atoms with E-state index in [0.29, 0.717) is 11.6 Å². The average molecular weight is 402 g/mol. The maximum atomic E-state index is 13.8. The summed E-state index contributed by atoms with van der Waals surface area (Å²) in [7, 11) is 1.93. The third-order valence-electron chi connectivity index (χ3n) is 4.59. The lowest BCUT2D eigenvalue weighted by Crippen LogP contribution is -3.08. The van der Waals surface area contributed by atoms with Gasteiger partial charge in [-0.15, -0.1) is 0 Å². The van der Waals surface area contributed by atoms with Gasteiger partial charge in [-0.1, -0.05) is 29.8 Å². The molecule has 28 heavy (non-hydrogen) atoms. The average Bonchev–Trinajstić information content (AvgIpc) is 2.93. The number of likely N-dealkylation sites (N-methyl/N-ethyl adjacent to an activating group) is 1. The van der Waals surface area contributed by atoms with Crippen molar-refractivity contribution >= 4 is 23.2 Å². The zero-order valence-corrected chi connectivity index (χ0v) is 16.8. The second-order valence-corrected chi connectivity index (χ2v) is 7.32. The predicted octanol–water partition coefficient (Wildman–Crippen LogP) is 2.94. The zero-order valence-electron chi connectivity index (χ0n) is 16.1. The molecule has 1 atom stereocenters. The molecular formula is C21H23ClFN4O+.